The Morgan fingerprint density at radius 3 is 2.31 bits per heavy atom. The third kappa shape index (κ3) is 6.00. The lowest BCUT2D eigenvalue weighted by Gasteiger charge is -2.19. The number of benzene rings is 2. The summed E-state index contributed by atoms with van der Waals surface area (Å²) in [6, 6.07) is 13.0. The van der Waals surface area contributed by atoms with Crippen LogP contribution in [0.2, 0.25) is 10.0 Å². The molecule has 1 atom stereocenters. The number of carboxylic acid groups (broad SMARTS) is 1. The van der Waals surface area contributed by atoms with E-state index in [1.54, 1.807) is 55.5 Å². The number of rotatable bonds is 8. The largest absolute Gasteiger partial charge is 0.506 e. The Hall–Kier alpha value is -3.82. The molecular formula is C24H21Cl2N3O6. The van der Waals surface area contributed by atoms with Crippen molar-refractivity contribution in [2.45, 2.75) is 19.5 Å². The zero-order valence-electron chi connectivity index (χ0n) is 18.4. The van der Waals surface area contributed by atoms with Crippen LogP contribution in [-0.4, -0.2) is 39.1 Å². The van der Waals surface area contributed by atoms with E-state index < -0.39 is 47.2 Å². The van der Waals surface area contributed by atoms with Gasteiger partial charge in [-0.3, -0.25) is 19.2 Å². The van der Waals surface area contributed by atoms with Crippen molar-refractivity contribution in [1.82, 2.24) is 15.2 Å². The number of hydrogen-bond acceptors (Lipinski definition) is 5. The average Bonchev–Trinajstić information content (AvgIpc) is 2.83. The lowest BCUT2D eigenvalue weighted by molar-refractivity contribution is -0.135. The number of aliphatic carboxylic acids is 1. The van der Waals surface area contributed by atoms with Gasteiger partial charge in [0.1, 0.15) is 17.9 Å². The highest BCUT2D eigenvalue weighted by molar-refractivity contribution is 6.42. The zero-order valence-corrected chi connectivity index (χ0v) is 19.9. The summed E-state index contributed by atoms with van der Waals surface area (Å²) in [4.78, 5) is 49.6. The van der Waals surface area contributed by atoms with Crippen LogP contribution in [0, 0.1) is 0 Å². The number of carboxylic acids is 1. The van der Waals surface area contributed by atoms with Gasteiger partial charge in [0, 0.05) is 12.7 Å². The second-order valence-corrected chi connectivity index (χ2v) is 8.39. The molecule has 9 nitrogen and oxygen atoms in total. The number of pyridine rings is 1. The molecule has 0 aliphatic rings. The SMILES string of the molecule is C[C@@H](c1ccccc1)n1cc(C(=O)NCc2ccc(Cl)c(Cl)c2)c(O)c(C(=O)NCC(=O)O)c1=O. The standard InChI is InChI=1S/C24H21Cl2N3O6/c1-13(15-5-3-2-4-6-15)29-12-16(21(32)20(24(29)35)23(34)28-11-19(30)31)22(33)27-10-14-7-8-17(25)18(26)9-14/h2-9,12-13,32H,10-11H2,1H3,(H,27,33)(H,28,34)(H,30,31)/t13-/m0/s1. The van der Waals surface area contributed by atoms with Crippen LogP contribution in [0.1, 0.15) is 44.8 Å². The van der Waals surface area contributed by atoms with Crippen molar-refractivity contribution in [2.75, 3.05) is 6.54 Å². The van der Waals surface area contributed by atoms with Gasteiger partial charge in [0.25, 0.3) is 17.4 Å². The van der Waals surface area contributed by atoms with E-state index in [0.29, 0.717) is 21.2 Å². The molecule has 11 heteroatoms. The third-order valence-electron chi connectivity index (χ3n) is 5.22. The second kappa shape index (κ2) is 11.1. The Kier molecular flexibility index (Phi) is 8.16. The van der Waals surface area contributed by atoms with Gasteiger partial charge >= 0.3 is 5.97 Å². The maximum absolute atomic E-state index is 13.2. The lowest BCUT2D eigenvalue weighted by Crippen LogP contribution is -2.38. The molecule has 2 aromatic carbocycles. The van der Waals surface area contributed by atoms with Crippen molar-refractivity contribution < 1.29 is 24.6 Å². The molecule has 35 heavy (non-hydrogen) atoms. The van der Waals surface area contributed by atoms with Gasteiger partial charge in [-0.1, -0.05) is 59.6 Å². The number of nitrogens with one attached hydrogen (secondary N) is 2. The van der Waals surface area contributed by atoms with Gasteiger partial charge in [0.15, 0.2) is 0 Å². The van der Waals surface area contributed by atoms with E-state index in [2.05, 4.69) is 10.6 Å². The fraction of sp³-hybridized carbons (Fsp3) is 0.167. The maximum atomic E-state index is 13.2. The molecule has 1 aromatic heterocycles. The molecule has 3 rings (SSSR count). The van der Waals surface area contributed by atoms with Gasteiger partial charge in [-0.25, -0.2) is 0 Å². The highest BCUT2D eigenvalue weighted by Gasteiger charge is 2.27. The third-order valence-corrected chi connectivity index (χ3v) is 5.96. The first-order valence-corrected chi connectivity index (χ1v) is 11.1. The van der Waals surface area contributed by atoms with Crippen LogP contribution < -0.4 is 16.2 Å². The van der Waals surface area contributed by atoms with E-state index in [-0.39, 0.29) is 12.1 Å². The van der Waals surface area contributed by atoms with E-state index in [1.807, 2.05) is 0 Å². The summed E-state index contributed by atoms with van der Waals surface area (Å²) in [6.45, 7) is 0.923. The van der Waals surface area contributed by atoms with Gasteiger partial charge < -0.3 is 25.4 Å². The predicted octanol–water partition coefficient (Wildman–Crippen LogP) is 3.21. The first kappa shape index (κ1) is 25.8. The van der Waals surface area contributed by atoms with Gasteiger partial charge in [-0.05, 0) is 30.2 Å². The monoisotopic (exact) mass is 517 g/mol. The van der Waals surface area contributed by atoms with E-state index in [9.17, 15) is 24.3 Å². The first-order chi connectivity index (χ1) is 16.6. The van der Waals surface area contributed by atoms with Gasteiger partial charge in [0.2, 0.25) is 0 Å². The first-order valence-electron chi connectivity index (χ1n) is 10.3. The molecule has 0 saturated heterocycles. The van der Waals surface area contributed by atoms with Crippen molar-refractivity contribution in [3.05, 3.63) is 97.4 Å². The molecule has 0 saturated carbocycles. The van der Waals surface area contributed by atoms with Gasteiger partial charge in [-0.15, -0.1) is 0 Å². The number of hydrogen-bond donors (Lipinski definition) is 4. The quantitative estimate of drug-likeness (QED) is 0.362. The number of aromatic nitrogens is 1. The van der Waals surface area contributed by atoms with Crippen LogP contribution in [-0.2, 0) is 11.3 Å². The van der Waals surface area contributed by atoms with Crippen molar-refractivity contribution in [3.8, 4) is 5.75 Å². The van der Waals surface area contributed by atoms with E-state index in [0.717, 1.165) is 10.8 Å². The number of halogens is 2. The number of carbonyl (C=O) groups excluding carboxylic acids is 2. The number of amides is 2. The summed E-state index contributed by atoms with van der Waals surface area (Å²) >= 11 is 11.9. The summed E-state index contributed by atoms with van der Waals surface area (Å²) in [5.74, 6) is -4.09. The van der Waals surface area contributed by atoms with Crippen molar-refractivity contribution in [3.63, 3.8) is 0 Å². The minimum atomic E-state index is -1.34. The van der Waals surface area contributed by atoms with Crippen LogP contribution in [0.3, 0.4) is 0 Å². The molecule has 4 N–H and O–H groups in total. The smallest absolute Gasteiger partial charge is 0.322 e. The summed E-state index contributed by atoms with van der Waals surface area (Å²) in [7, 11) is 0. The molecule has 1 heterocycles. The van der Waals surface area contributed by atoms with E-state index in [1.165, 1.54) is 0 Å². The second-order valence-electron chi connectivity index (χ2n) is 7.57. The number of carbonyl (C=O) groups is 3. The number of nitrogens with zero attached hydrogens (tertiary/aromatic N) is 1. The highest BCUT2D eigenvalue weighted by atomic mass is 35.5. The van der Waals surface area contributed by atoms with Gasteiger partial charge in [0.05, 0.1) is 21.7 Å². The van der Waals surface area contributed by atoms with Crippen molar-refractivity contribution >= 4 is 41.0 Å². The number of aromatic hydroxyl groups is 1. The van der Waals surface area contributed by atoms with Crippen LogP contribution in [0.4, 0.5) is 0 Å². The van der Waals surface area contributed by atoms with Crippen LogP contribution in [0.5, 0.6) is 5.75 Å². The fourth-order valence-electron chi connectivity index (χ4n) is 3.35. The van der Waals surface area contributed by atoms with Crippen LogP contribution in [0.25, 0.3) is 0 Å². The zero-order chi connectivity index (χ0) is 25.7. The molecule has 0 unspecified atom stereocenters. The molecule has 0 spiro atoms. The van der Waals surface area contributed by atoms with Crippen molar-refractivity contribution in [1.29, 1.82) is 0 Å². The Balaban J connectivity index is 2.03. The predicted molar refractivity (Wildman–Crippen MR) is 130 cm³/mol. The topological polar surface area (TPSA) is 138 Å². The lowest BCUT2D eigenvalue weighted by atomic mass is 10.1. The fourth-order valence-corrected chi connectivity index (χ4v) is 3.67. The normalized spacial score (nSPS) is 11.5. The Morgan fingerprint density at radius 2 is 1.69 bits per heavy atom. The van der Waals surface area contributed by atoms with E-state index in [4.69, 9.17) is 28.3 Å². The minimum Gasteiger partial charge on any atom is -0.506 e. The maximum Gasteiger partial charge on any atom is 0.322 e. The molecule has 0 fully saturated rings. The molecule has 182 valence electrons. The van der Waals surface area contributed by atoms with Crippen molar-refractivity contribution in [2.24, 2.45) is 0 Å². The summed E-state index contributed by atoms with van der Waals surface area (Å²) in [5.41, 5.74) is -0.635. The molecular weight excluding hydrogens is 497 g/mol. The molecule has 0 bridgehead atoms. The van der Waals surface area contributed by atoms with Crippen LogP contribution in [0.15, 0.2) is 59.5 Å². The summed E-state index contributed by atoms with van der Waals surface area (Å²) in [5, 5.41) is 24.9. The molecule has 0 radical (unpaired) electrons. The van der Waals surface area contributed by atoms with E-state index >= 15 is 0 Å². The summed E-state index contributed by atoms with van der Waals surface area (Å²) < 4.78 is 1.14. The molecule has 0 aliphatic heterocycles. The van der Waals surface area contributed by atoms with Gasteiger partial charge in [-0.2, -0.15) is 0 Å². The molecule has 3 aromatic rings. The average molecular weight is 518 g/mol. The van der Waals surface area contributed by atoms with Crippen LogP contribution >= 0.6 is 23.2 Å². The highest BCUT2D eigenvalue weighted by Crippen LogP contribution is 2.25. The summed E-state index contributed by atoms with van der Waals surface area (Å²) in [6.07, 6.45) is 1.16. The molecule has 2 amide bonds. The Labute approximate surface area is 209 Å². The Morgan fingerprint density at radius 1 is 1.00 bits per heavy atom. The molecule has 0 aliphatic carbocycles. The minimum absolute atomic E-state index is 0.0169. The Bertz CT molecular complexity index is 1340.